The summed E-state index contributed by atoms with van der Waals surface area (Å²) >= 11 is 0. The maximum atomic E-state index is 12.3. The van der Waals surface area contributed by atoms with Crippen LogP contribution in [0, 0.1) is 11.3 Å². The number of aryl methyl sites for hydroxylation is 1. The highest BCUT2D eigenvalue weighted by Gasteiger charge is 2.51. The molecular formula is C14H23N3O4. The molecule has 1 unspecified atom stereocenters. The Morgan fingerprint density at radius 2 is 2.10 bits per heavy atom. The summed E-state index contributed by atoms with van der Waals surface area (Å²) in [5.74, 6) is -1.86. The fourth-order valence-corrected chi connectivity index (χ4v) is 2.25. The zero-order valence-corrected chi connectivity index (χ0v) is 13.0. The minimum absolute atomic E-state index is 0.0289. The highest BCUT2D eigenvalue weighted by atomic mass is 16.5. The summed E-state index contributed by atoms with van der Waals surface area (Å²) in [4.78, 5) is 28.2. The predicted molar refractivity (Wildman–Crippen MR) is 75.6 cm³/mol. The predicted octanol–water partition coefficient (Wildman–Crippen LogP) is 1.52. The Hall–Kier alpha value is -1.92. The monoisotopic (exact) mass is 297 g/mol. The van der Waals surface area contributed by atoms with Gasteiger partial charge in [-0.25, -0.2) is 4.98 Å². The van der Waals surface area contributed by atoms with Crippen LogP contribution in [0.1, 0.15) is 39.9 Å². The van der Waals surface area contributed by atoms with Crippen LogP contribution < -0.4 is 0 Å². The first-order valence-electron chi connectivity index (χ1n) is 7.17. The lowest BCUT2D eigenvalue weighted by Crippen LogP contribution is -2.47. The van der Waals surface area contributed by atoms with Crippen LogP contribution in [0.3, 0.4) is 0 Å². The van der Waals surface area contributed by atoms with Crippen LogP contribution in [0.5, 0.6) is 0 Å². The van der Waals surface area contributed by atoms with Crippen LogP contribution >= 0.6 is 0 Å². The number of nitrogens with zero attached hydrogens (tertiary/aromatic N) is 3. The Morgan fingerprint density at radius 3 is 2.57 bits per heavy atom. The number of aromatic nitrogens is 3. The van der Waals surface area contributed by atoms with Gasteiger partial charge in [0.15, 0.2) is 5.41 Å². The summed E-state index contributed by atoms with van der Waals surface area (Å²) in [7, 11) is 0. The number of carbonyl (C=O) groups is 2. The van der Waals surface area contributed by atoms with E-state index in [-0.39, 0.29) is 13.0 Å². The third kappa shape index (κ3) is 3.40. The van der Waals surface area contributed by atoms with E-state index in [2.05, 4.69) is 10.1 Å². The molecule has 0 aliphatic rings. The highest BCUT2D eigenvalue weighted by molar-refractivity contribution is 5.99. The molecule has 7 nitrogen and oxygen atoms in total. The first-order chi connectivity index (χ1) is 9.90. The number of carbonyl (C=O) groups excluding carboxylic acids is 1. The zero-order chi connectivity index (χ0) is 16.0. The van der Waals surface area contributed by atoms with Crippen molar-refractivity contribution in [3.63, 3.8) is 0 Å². The SMILES string of the molecule is CCCn1ncnc1CC(C(=O)O)(C(=O)OCC)C(C)C. The number of carboxylic acid groups (broad SMARTS) is 1. The van der Waals surface area contributed by atoms with E-state index in [1.807, 2.05) is 6.92 Å². The molecule has 0 fully saturated rings. The second-order valence-corrected chi connectivity index (χ2v) is 5.23. The van der Waals surface area contributed by atoms with E-state index < -0.39 is 23.3 Å². The van der Waals surface area contributed by atoms with Crippen molar-refractivity contribution in [2.24, 2.45) is 11.3 Å². The van der Waals surface area contributed by atoms with E-state index in [0.29, 0.717) is 12.4 Å². The third-order valence-electron chi connectivity index (χ3n) is 3.58. The minimum atomic E-state index is -1.64. The molecule has 0 bridgehead atoms. The molecule has 1 rings (SSSR count). The van der Waals surface area contributed by atoms with Gasteiger partial charge in [-0.1, -0.05) is 20.8 Å². The van der Waals surface area contributed by atoms with Crippen molar-refractivity contribution in [3.8, 4) is 0 Å². The molecular weight excluding hydrogens is 274 g/mol. The first-order valence-corrected chi connectivity index (χ1v) is 7.17. The second kappa shape index (κ2) is 7.19. The molecule has 0 aliphatic heterocycles. The number of esters is 1. The number of carboxylic acids is 1. The summed E-state index contributed by atoms with van der Waals surface area (Å²) in [6, 6.07) is 0. The van der Waals surface area contributed by atoms with Crippen LogP contribution in [0.4, 0.5) is 0 Å². The van der Waals surface area contributed by atoms with Crippen molar-refractivity contribution in [2.45, 2.75) is 47.1 Å². The van der Waals surface area contributed by atoms with E-state index >= 15 is 0 Å². The average molecular weight is 297 g/mol. The molecule has 0 aromatic carbocycles. The van der Waals surface area contributed by atoms with Gasteiger partial charge in [0.2, 0.25) is 0 Å². The summed E-state index contributed by atoms with van der Waals surface area (Å²) in [5, 5.41) is 13.7. The van der Waals surface area contributed by atoms with Gasteiger partial charge in [0.25, 0.3) is 0 Å². The number of ether oxygens (including phenoxy) is 1. The van der Waals surface area contributed by atoms with Crippen LogP contribution in [-0.2, 0) is 27.3 Å². The number of rotatable bonds is 8. The molecule has 1 heterocycles. The lowest BCUT2D eigenvalue weighted by Gasteiger charge is -2.30. The molecule has 118 valence electrons. The van der Waals surface area contributed by atoms with Crippen LogP contribution in [0.15, 0.2) is 6.33 Å². The standard InChI is InChI=1S/C14H23N3O4/c1-5-7-17-11(15-9-16-17)8-14(10(3)4,12(18)19)13(20)21-6-2/h9-10H,5-8H2,1-4H3,(H,18,19). The molecule has 1 aromatic rings. The Labute approximate surface area is 124 Å². The molecule has 0 saturated heterocycles. The topological polar surface area (TPSA) is 94.3 Å². The smallest absolute Gasteiger partial charge is 0.324 e. The maximum absolute atomic E-state index is 12.3. The number of aliphatic carboxylic acids is 1. The van der Waals surface area contributed by atoms with Crippen molar-refractivity contribution in [2.75, 3.05) is 6.61 Å². The van der Waals surface area contributed by atoms with Crippen molar-refractivity contribution < 1.29 is 19.4 Å². The summed E-state index contributed by atoms with van der Waals surface area (Å²) in [6.45, 7) is 7.82. The quantitative estimate of drug-likeness (QED) is 0.577. The van der Waals surface area contributed by atoms with Crippen LogP contribution in [0.25, 0.3) is 0 Å². The van der Waals surface area contributed by atoms with Gasteiger partial charge in [-0.15, -0.1) is 0 Å². The molecule has 0 amide bonds. The van der Waals surface area contributed by atoms with Gasteiger partial charge in [0, 0.05) is 13.0 Å². The van der Waals surface area contributed by atoms with E-state index in [0.717, 1.165) is 6.42 Å². The molecule has 1 atom stereocenters. The number of hydrogen-bond acceptors (Lipinski definition) is 5. The van der Waals surface area contributed by atoms with Gasteiger partial charge in [0.1, 0.15) is 12.2 Å². The summed E-state index contributed by atoms with van der Waals surface area (Å²) in [5.41, 5.74) is -1.64. The molecule has 0 saturated carbocycles. The van der Waals surface area contributed by atoms with Crippen molar-refractivity contribution in [1.29, 1.82) is 0 Å². The van der Waals surface area contributed by atoms with E-state index in [1.54, 1.807) is 25.5 Å². The Kier molecular flexibility index (Phi) is 5.87. The Bertz CT molecular complexity index is 498. The maximum Gasteiger partial charge on any atom is 0.324 e. The Balaban J connectivity index is 3.21. The van der Waals surface area contributed by atoms with Crippen molar-refractivity contribution >= 4 is 11.9 Å². The minimum Gasteiger partial charge on any atom is -0.480 e. The van der Waals surface area contributed by atoms with Gasteiger partial charge in [-0.3, -0.25) is 14.3 Å². The summed E-state index contributed by atoms with van der Waals surface area (Å²) < 4.78 is 6.64. The fourth-order valence-electron chi connectivity index (χ4n) is 2.25. The number of hydrogen-bond donors (Lipinski definition) is 1. The second-order valence-electron chi connectivity index (χ2n) is 5.23. The molecule has 1 aromatic heterocycles. The van der Waals surface area contributed by atoms with Gasteiger partial charge in [0.05, 0.1) is 6.61 Å². The van der Waals surface area contributed by atoms with E-state index in [9.17, 15) is 14.7 Å². The zero-order valence-electron chi connectivity index (χ0n) is 13.0. The van der Waals surface area contributed by atoms with Gasteiger partial charge in [-0.2, -0.15) is 5.10 Å². The van der Waals surface area contributed by atoms with Crippen LogP contribution in [-0.4, -0.2) is 38.4 Å². The molecule has 0 radical (unpaired) electrons. The molecule has 7 heteroatoms. The Morgan fingerprint density at radius 1 is 1.43 bits per heavy atom. The first kappa shape index (κ1) is 17.1. The van der Waals surface area contributed by atoms with E-state index in [4.69, 9.17) is 4.74 Å². The lowest BCUT2D eigenvalue weighted by molar-refractivity contribution is -0.172. The van der Waals surface area contributed by atoms with Gasteiger partial charge < -0.3 is 9.84 Å². The molecule has 21 heavy (non-hydrogen) atoms. The summed E-state index contributed by atoms with van der Waals surface area (Å²) in [6.07, 6.45) is 2.19. The lowest BCUT2D eigenvalue weighted by atomic mass is 9.74. The fraction of sp³-hybridized carbons (Fsp3) is 0.714. The highest BCUT2D eigenvalue weighted by Crippen LogP contribution is 2.33. The van der Waals surface area contributed by atoms with Gasteiger partial charge in [-0.05, 0) is 19.3 Å². The average Bonchev–Trinajstić information content (AvgIpc) is 2.83. The molecule has 0 spiro atoms. The largest absolute Gasteiger partial charge is 0.480 e. The van der Waals surface area contributed by atoms with Crippen molar-refractivity contribution in [3.05, 3.63) is 12.2 Å². The van der Waals surface area contributed by atoms with Crippen LogP contribution in [0.2, 0.25) is 0 Å². The third-order valence-corrected chi connectivity index (χ3v) is 3.58. The van der Waals surface area contributed by atoms with Gasteiger partial charge >= 0.3 is 11.9 Å². The van der Waals surface area contributed by atoms with E-state index in [1.165, 1.54) is 6.33 Å². The molecule has 1 N–H and O–H groups in total. The van der Waals surface area contributed by atoms with Crippen molar-refractivity contribution in [1.82, 2.24) is 14.8 Å². The molecule has 0 aliphatic carbocycles. The normalized spacial score (nSPS) is 14.0.